The number of nitroso groups, excluding NO2 is 1. The third-order valence-electron chi connectivity index (χ3n) is 3.84. The van der Waals surface area contributed by atoms with Gasteiger partial charge in [0.2, 0.25) is 0 Å². The summed E-state index contributed by atoms with van der Waals surface area (Å²) in [6.07, 6.45) is 0. The van der Waals surface area contributed by atoms with Crippen LogP contribution < -0.4 is 0 Å². The highest BCUT2D eigenvalue weighted by Crippen LogP contribution is 2.45. The SMILES string of the molecule is O=Nc1c(-c2c(O)[nH]c3cc(Cl)c(Cl)cc23)[nH]c2ccccc12. The molecule has 5 nitrogen and oxygen atoms in total. The topological polar surface area (TPSA) is 81.2 Å². The first-order valence-electron chi connectivity index (χ1n) is 6.74. The molecule has 0 aliphatic heterocycles. The van der Waals surface area contributed by atoms with Gasteiger partial charge in [0.25, 0.3) is 0 Å². The van der Waals surface area contributed by atoms with Crippen molar-refractivity contribution < 1.29 is 5.11 Å². The Balaban J connectivity index is 2.12. The molecule has 23 heavy (non-hydrogen) atoms. The van der Waals surface area contributed by atoms with Gasteiger partial charge in [0.15, 0.2) is 5.88 Å². The number of aromatic hydroxyl groups is 1. The minimum absolute atomic E-state index is 0.0882. The first-order valence-corrected chi connectivity index (χ1v) is 7.50. The van der Waals surface area contributed by atoms with E-state index in [1.165, 1.54) is 0 Å². The van der Waals surface area contributed by atoms with E-state index in [1.807, 2.05) is 18.2 Å². The van der Waals surface area contributed by atoms with E-state index in [0.29, 0.717) is 37.6 Å². The zero-order valence-corrected chi connectivity index (χ0v) is 13.0. The second kappa shape index (κ2) is 5.01. The molecule has 0 saturated carbocycles. The van der Waals surface area contributed by atoms with Crippen LogP contribution >= 0.6 is 23.2 Å². The summed E-state index contributed by atoms with van der Waals surface area (Å²) < 4.78 is 0. The number of para-hydroxylation sites is 1. The normalized spacial score (nSPS) is 11.4. The third kappa shape index (κ3) is 2.01. The van der Waals surface area contributed by atoms with Crippen LogP contribution in [0, 0.1) is 4.91 Å². The van der Waals surface area contributed by atoms with E-state index in [9.17, 15) is 10.0 Å². The Morgan fingerprint density at radius 3 is 2.48 bits per heavy atom. The zero-order chi connectivity index (χ0) is 16.1. The van der Waals surface area contributed by atoms with Crippen LogP contribution in [0.5, 0.6) is 5.88 Å². The molecule has 2 aromatic heterocycles. The van der Waals surface area contributed by atoms with Crippen molar-refractivity contribution in [3.8, 4) is 17.1 Å². The van der Waals surface area contributed by atoms with E-state index in [4.69, 9.17) is 23.2 Å². The minimum Gasteiger partial charge on any atom is -0.494 e. The number of benzene rings is 2. The first-order chi connectivity index (χ1) is 11.1. The van der Waals surface area contributed by atoms with E-state index >= 15 is 0 Å². The number of fused-ring (bicyclic) bond motifs is 2. The monoisotopic (exact) mass is 345 g/mol. The first kappa shape index (κ1) is 14.1. The predicted molar refractivity (Wildman–Crippen MR) is 92.7 cm³/mol. The van der Waals surface area contributed by atoms with Gasteiger partial charge in [0.1, 0.15) is 5.69 Å². The van der Waals surface area contributed by atoms with E-state index < -0.39 is 0 Å². The Hall–Kier alpha value is -2.50. The fourth-order valence-electron chi connectivity index (χ4n) is 2.83. The molecule has 0 amide bonds. The molecule has 0 aliphatic rings. The molecule has 0 bridgehead atoms. The molecule has 4 aromatic rings. The highest BCUT2D eigenvalue weighted by atomic mass is 35.5. The second-order valence-electron chi connectivity index (χ2n) is 5.15. The maximum atomic E-state index is 11.4. The molecule has 2 heterocycles. The van der Waals surface area contributed by atoms with Gasteiger partial charge in [-0.2, -0.15) is 0 Å². The molecule has 114 valence electrons. The summed E-state index contributed by atoms with van der Waals surface area (Å²) in [5.74, 6) is -0.0882. The van der Waals surface area contributed by atoms with Crippen LogP contribution in [0.15, 0.2) is 41.6 Å². The fraction of sp³-hybridized carbons (Fsp3) is 0. The van der Waals surface area contributed by atoms with Gasteiger partial charge in [-0.25, -0.2) is 0 Å². The quantitative estimate of drug-likeness (QED) is 0.405. The molecule has 0 radical (unpaired) electrons. The van der Waals surface area contributed by atoms with E-state index in [0.717, 1.165) is 5.52 Å². The van der Waals surface area contributed by atoms with E-state index in [-0.39, 0.29) is 11.6 Å². The number of aromatic amines is 2. The number of hydrogen-bond acceptors (Lipinski definition) is 3. The van der Waals surface area contributed by atoms with Crippen LogP contribution in [-0.4, -0.2) is 15.1 Å². The van der Waals surface area contributed by atoms with Crippen molar-refractivity contribution >= 4 is 50.7 Å². The summed E-state index contributed by atoms with van der Waals surface area (Å²) in [5.41, 5.74) is 2.48. The maximum absolute atomic E-state index is 11.4. The Bertz CT molecular complexity index is 1080. The molecular weight excluding hydrogens is 337 g/mol. The van der Waals surface area contributed by atoms with Gasteiger partial charge in [-0.05, 0) is 23.4 Å². The molecule has 0 spiro atoms. The van der Waals surface area contributed by atoms with Gasteiger partial charge >= 0.3 is 0 Å². The van der Waals surface area contributed by atoms with E-state index in [1.54, 1.807) is 18.2 Å². The molecule has 0 fully saturated rings. The summed E-state index contributed by atoms with van der Waals surface area (Å²) in [7, 11) is 0. The lowest BCUT2D eigenvalue weighted by Gasteiger charge is -2.00. The number of hydrogen-bond donors (Lipinski definition) is 3. The van der Waals surface area contributed by atoms with Crippen LogP contribution in [0.4, 0.5) is 5.69 Å². The molecular formula is C16H9Cl2N3O2. The number of halogens is 2. The molecule has 3 N–H and O–H groups in total. The standard InChI is InChI=1S/C16H9Cl2N3O2/c17-9-5-8-12(6-10(9)18)20-16(22)13(8)15-14(21-23)7-3-1-2-4-11(7)19-15/h1-6,19-20,22H. The smallest absolute Gasteiger partial charge is 0.199 e. The second-order valence-corrected chi connectivity index (χ2v) is 5.96. The Kier molecular flexibility index (Phi) is 3.07. The van der Waals surface area contributed by atoms with Gasteiger partial charge < -0.3 is 15.1 Å². The molecule has 7 heteroatoms. The predicted octanol–water partition coefficient (Wildman–Crippen LogP) is 5.73. The van der Waals surface area contributed by atoms with Crippen molar-refractivity contribution in [3.63, 3.8) is 0 Å². The van der Waals surface area contributed by atoms with Crippen LogP contribution in [0.1, 0.15) is 0 Å². The summed E-state index contributed by atoms with van der Waals surface area (Å²) >= 11 is 12.1. The number of H-pyrrole nitrogens is 2. The van der Waals surface area contributed by atoms with Gasteiger partial charge in [-0.1, -0.05) is 41.4 Å². The van der Waals surface area contributed by atoms with E-state index in [2.05, 4.69) is 15.1 Å². The number of aromatic nitrogens is 2. The Morgan fingerprint density at radius 2 is 1.70 bits per heavy atom. The summed E-state index contributed by atoms with van der Waals surface area (Å²) in [6.45, 7) is 0. The number of rotatable bonds is 2. The number of nitrogens with zero attached hydrogens (tertiary/aromatic N) is 1. The lowest BCUT2D eigenvalue weighted by Crippen LogP contribution is -1.78. The van der Waals surface area contributed by atoms with Crippen molar-refractivity contribution in [3.05, 3.63) is 51.4 Å². The summed E-state index contributed by atoms with van der Waals surface area (Å²) in [6, 6.07) is 10.6. The fourth-order valence-corrected chi connectivity index (χ4v) is 3.16. The summed E-state index contributed by atoms with van der Waals surface area (Å²) in [4.78, 5) is 17.3. The van der Waals surface area contributed by atoms with Crippen LogP contribution in [-0.2, 0) is 0 Å². The van der Waals surface area contributed by atoms with Crippen molar-refractivity contribution in [1.29, 1.82) is 0 Å². The Labute approximate surface area is 139 Å². The van der Waals surface area contributed by atoms with Crippen molar-refractivity contribution in [2.45, 2.75) is 0 Å². The Morgan fingerprint density at radius 1 is 0.957 bits per heavy atom. The van der Waals surface area contributed by atoms with Gasteiger partial charge in [0, 0.05) is 16.3 Å². The van der Waals surface area contributed by atoms with Crippen molar-refractivity contribution in [1.82, 2.24) is 9.97 Å². The molecule has 0 saturated heterocycles. The lowest BCUT2D eigenvalue weighted by atomic mass is 10.1. The van der Waals surface area contributed by atoms with Crippen molar-refractivity contribution in [2.75, 3.05) is 0 Å². The molecule has 0 unspecified atom stereocenters. The summed E-state index contributed by atoms with van der Waals surface area (Å²) in [5, 5.41) is 15.5. The average Bonchev–Trinajstić information content (AvgIpc) is 3.04. The zero-order valence-electron chi connectivity index (χ0n) is 11.5. The molecule has 4 rings (SSSR count). The van der Waals surface area contributed by atoms with Gasteiger partial charge in [0.05, 0.1) is 26.8 Å². The van der Waals surface area contributed by atoms with Crippen LogP contribution in [0.25, 0.3) is 33.1 Å². The average molecular weight is 346 g/mol. The number of nitrogens with one attached hydrogen (secondary N) is 2. The van der Waals surface area contributed by atoms with Gasteiger partial charge in [-0.15, -0.1) is 4.91 Å². The van der Waals surface area contributed by atoms with Gasteiger partial charge in [-0.3, -0.25) is 0 Å². The lowest BCUT2D eigenvalue weighted by molar-refractivity contribution is 0.460. The maximum Gasteiger partial charge on any atom is 0.199 e. The highest BCUT2D eigenvalue weighted by molar-refractivity contribution is 6.43. The molecule has 2 aromatic carbocycles. The highest BCUT2D eigenvalue weighted by Gasteiger charge is 2.21. The van der Waals surface area contributed by atoms with Crippen LogP contribution in [0.3, 0.4) is 0 Å². The van der Waals surface area contributed by atoms with Crippen molar-refractivity contribution in [2.24, 2.45) is 5.18 Å². The molecule has 0 atom stereocenters. The minimum atomic E-state index is -0.0882. The third-order valence-corrected chi connectivity index (χ3v) is 4.56. The molecule has 0 aliphatic carbocycles. The largest absolute Gasteiger partial charge is 0.494 e. The van der Waals surface area contributed by atoms with Crippen LogP contribution in [0.2, 0.25) is 10.0 Å².